The molecule has 1 rings (SSSR count). The molecule has 20 heavy (non-hydrogen) atoms. The lowest BCUT2D eigenvalue weighted by Gasteiger charge is -2.10. The molecule has 0 atom stereocenters. The predicted octanol–water partition coefficient (Wildman–Crippen LogP) is 3.40. The molecular formula is C15H27N3O2. The van der Waals surface area contributed by atoms with Gasteiger partial charge in [0.25, 0.3) is 0 Å². The fourth-order valence-electron chi connectivity index (χ4n) is 1.68. The fourth-order valence-corrected chi connectivity index (χ4v) is 1.68. The normalized spacial score (nSPS) is 10.6. The van der Waals surface area contributed by atoms with Crippen molar-refractivity contribution in [3.05, 3.63) is 11.9 Å². The Morgan fingerprint density at radius 2 is 1.95 bits per heavy atom. The molecule has 0 bridgehead atoms. The Morgan fingerprint density at radius 3 is 2.65 bits per heavy atom. The van der Waals surface area contributed by atoms with Gasteiger partial charge in [-0.15, -0.1) is 0 Å². The summed E-state index contributed by atoms with van der Waals surface area (Å²) in [5.41, 5.74) is 0. The summed E-state index contributed by atoms with van der Waals surface area (Å²) in [6.45, 7) is 8.93. The van der Waals surface area contributed by atoms with E-state index in [4.69, 9.17) is 9.47 Å². The average Bonchev–Trinajstić information content (AvgIpc) is 2.47. The maximum atomic E-state index is 5.70. The highest BCUT2D eigenvalue weighted by Gasteiger charge is 2.05. The molecule has 0 fully saturated rings. The number of anilines is 1. The van der Waals surface area contributed by atoms with Gasteiger partial charge in [-0.1, -0.05) is 26.7 Å². The van der Waals surface area contributed by atoms with Crippen LogP contribution in [0.15, 0.2) is 6.07 Å². The van der Waals surface area contributed by atoms with Crippen molar-refractivity contribution in [2.75, 3.05) is 25.1 Å². The number of unbranched alkanes of at least 4 members (excludes halogenated alkanes) is 2. The molecule has 0 saturated heterocycles. The first-order valence-corrected chi connectivity index (χ1v) is 7.62. The van der Waals surface area contributed by atoms with E-state index in [1.807, 2.05) is 13.0 Å². The Balaban J connectivity index is 2.64. The minimum atomic E-state index is 0.420. The average molecular weight is 281 g/mol. The zero-order valence-corrected chi connectivity index (χ0v) is 12.9. The van der Waals surface area contributed by atoms with Gasteiger partial charge in [-0.25, -0.2) is 4.98 Å². The lowest BCUT2D eigenvalue weighted by Crippen LogP contribution is -2.08. The van der Waals surface area contributed by atoms with E-state index in [-0.39, 0.29) is 0 Å². The third-order valence-electron chi connectivity index (χ3n) is 2.74. The molecule has 0 aliphatic carbocycles. The van der Waals surface area contributed by atoms with Crippen LogP contribution in [0.1, 0.15) is 52.3 Å². The molecule has 1 heterocycles. The number of rotatable bonds is 11. The smallest absolute Gasteiger partial charge is 0.218 e. The molecule has 0 spiro atoms. The van der Waals surface area contributed by atoms with Crippen LogP contribution in [0.2, 0.25) is 0 Å². The summed E-state index contributed by atoms with van der Waals surface area (Å²) in [6.07, 6.45) is 4.47. The van der Waals surface area contributed by atoms with Crippen LogP contribution in [-0.4, -0.2) is 29.7 Å². The van der Waals surface area contributed by atoms with Crippen LogP contribution in [-0.2, 0) is 11.3 Å². The van der Waals surface area contributed by atoms with E-state index >= 15 is 0 Å². The van der Waals surface area contributed by atoms with Crippen molar-refractivity contribution in [1.29, 1.82) is 0 Å². The molecule has 0 radical (unpaired) electrons. The lowest BCUT2D eigenvalue weighted by molar-refractivity contribution is 0.127. The molecule has 1 aromatic heterocycles. The summed E-state index contributed by atoms with van der Waals surface area (Å²) in [6, 6.07) is 1.86. The summed E-state index contributed by atoms with van der Waals surface area (Å²) in [5.74, 6) is 2.10. The molecular weight excluding hydrogens is 254 g/mol. The van der Waals surface area contributed by atoms with E-state index in [2.05, 4.69) is 29.1 Å². The van der Waals surface area contributed by atoms with Crippen LogP contribution in [0.3, 0.4) is 0 Å². The van der Waals surface area contributed by atoms with Gasteiger partial charge in [0.05, 0.1) is 6.61 Å². The highest BCUT2D eigenvalue weighted by molar-refractivity contribution is 5.38. The second-order valence-electron chi connectivity index (χ2n) is 4.63. The largest absolute Gasteiger partial charge is 0.478 e. The SMILES string of the molecule is CCCCCOc1cc(NCCC)nc(COCC)n1. The first kappa shape index (κ1) is 16.7. The van der Waals surface area contributed by atoms with Crippen molar-refractivity contribution in [1.82, 2.24) is 9.97 Å². The fraction of sp³-hybridized carbons (Fsp3) is 0.733. The van der Waals surface area contributed by atoms with E-state index in [0.29, 0.717) is 31.5 Å². The first-order valence-electron chi connectivity index (χ1n) is 7.62. The van der Waals surface area contributed by atoms with Gasteiger partial charge in [-0.2, -0.15) is 4.98 Å². The molecule has 1 aromatic rings. The molecule has 0 saturated carbocycles. The van der Waals surface area contributed by atoms with Crippen molar-refractivity contribution >= 4 is 5.82 Å². The molecule has 0 amide bonds. The zero-order chi connectivity index (χ0) is 14.6. The molecule has 0 unspecified atom stereocenters. The van der Waals surface area contributed by atoms with Gasteiger partial charge in [0, 0.05) is 19.2 Å². The number of nitrogens with zero attached hydrogens (tertiary/aromatic N) is 2. The molecule has 114 valence electrons. The van der Waals surface area contributed by atoms with Gasteiger partial charge in [0.15, 0.2) is 5.82 Å². The number of ether oxygens (including phenoxy) is 2. The predicted molar refractivity (Wildman–Crippen MR) is 81.2 cm³/mol. The highest BCUT2D eigenvalue weighted by Crippen LogP contribution is 2.15. The van der Waals surface area contributed by atoms with Gasteiger partial charge < -0.3 is 14.8 Å². The Morgan fingerprint density at radius 1 is 1.10 bits per heavy atom. The zero-order valence-electron chi connectivity index (χ0n) is 12.9. The van der Waals surface area contributed by atoms with Crippen LogP contribution >= 0.6 is 0 Å². The molecule has 0 aromatic carbocycles. The summed E-state index contributed by atoms with van der Waals surface area (Å²) >= 11 is 0. The van der Waals surface area contributed by atoms with Crippen molar-refractivity contribution in [2.24, 2.45) is 0 Å². The van der Waals surface area contributed by atoms with E-state index in [9.17, 15) is 0 Å². The maximum Gasteiger partial charge on any atom is 0.218 e. The molecule has 0 aliphatic rings. The van der Waals surface area contributed by atoms with E-state index in [0.717, 1.165) is 25.2 Å². The van der Waals surface area contributed by atoms with E-state index < -0.39 is 0 Å². The van der Waals surface area contributed by atoms with E-state index in [1.165, 1.54) is 12.8 Å². The summed E-state index contributed by atoms with van der Waals surface area (Å²) in [4.78, 5) is 8.80. The maximum absolute atomic E-state index is 5.70. The van der Waals surface area contributed by atoms with Gasteiger partial charge >= 0.3 is 0 Å². The first-order chi connectivity index (χ1) is 9.80. The van der Waals surface area contributed by atoms with Gasteiger partial charge in [-0.3, -0.25) is 0 Å². The highest BCUT2D eigenvalue weighted by atomic mass is 16.5. The molecule has 0 aliphatic heterocycles. The monoisotopic (exact) mass is 281 g/mol. The molecule has 1 N–H and O–H groups in total. The van der Waals surface area contributed by atoms with Crippen LogP contribution < -0.4 is 10.1 Å². The lowest BCUT2D eigenvalue weighted by atomic mass is 10.3. The van der Waals surface area contributed by atoms with Crippen molar-refractivity contribution < 1.29 is 9.47 Å². The number of aromatic nitrogens is 2. The Kier molecular flexibility index (Phi) is 8.71. The van der Waals surface area contributed by atoms with E-state index in [1.54, 1.807) is 0 Å². The molecule has 5 heteroatoms. The minimum absolute atomic E-state index is 0.420. The van der Waals surface area contributed by atoms with Crippen LogP contribution in [0.25, 0.3) is 0 Å². The van der Waals surface area contributed by atoms with Gasteiger partial charge in [-0.05, 0) is 19.8 Å². The summed E-state index contributed by atoms with van der Waals surface area (Å²) in [5, 5.41) is 3.27. The number of nitrogens with one attached hydrogen (secondary N) is 1. The van der Waals surface area contributed by atoms with Crippen LogP contribution in [0, 0.1) is 0 Å². The summed E-state index contributed by atoms with van der Waals surface area (Å²) in [7, 11) is 0. The van der Waals surface area contributed by atoms with Crippen LogP contribution in [0.5, 0.6) is 5.88 Å². The van der Waals surface area contributed by atoms with Crippen LogP contribution in [0.4, 0.5) is 5.82 Å². The van der Waals surface area contributed by atoms with Gasteiger partial charge in [0.2, 0.25) is 5.88 Å². The second-order valence-corrected chi connectivity index (χ2v) is 4.63. The third-order valence-corrected chi connectivity index (χ3v) is 2.74. The van der Waals surface area contributed by atoms with Gasteiger partial charge in [0.1, 0.15) is 12.4 Å². The second kappa shape index (κ2) is 10.4. The minimum Gasteiger partial charge on any atom is -0.478 e. The van der Waals surface area contributed by atoms with Crippen molar-refractivity contribution in [2.45, 2.75) is 53.1 Å². The number of hydrogen-bond acceptors (Lipinski definition) is 5. The Labute approximate surface area is 122 Å². The van der Waals surface area contributed by atoms with Crippen molar-refractivity contribution in [3.63, 3.8) is 0 Å². The molecule has 5 nitrogen and oxygen atoms in total. The number of hydrogen-bond donors (Lipinski definition) is 1. The topological polar surface area (TPSA) is 56.3 Å². The quantitative estimate of drug-likeness (QED) is 0.630. The standard InChI is InChI=1S/C15H27N3O2/c1-4-7-8-10-20-15-11-13(16-9-5-2)17-14(18-15)12-19-6-3/h11H,4-10,12H2,1-3H3,(H,16,17,18). The Bertz CT molecular complexity index is 346. The van der Waals surface area contributed by atoms with Crippen molar-refractivity contribution in [3.8, 4) is 5.88 Å². The Hall–Kier alpha value is -1.36. The summed E-state index contributed by atoms with van der Waals surface area (Å²) < 4.78 is 11.1. The third kappa shape index (κ3) is 6.70.